The number of ether oxygens (including phenoxy) is 1. The van der Waals surface area contributed by atoms with Crippen LogP contribution in [0.4, 0.5) is 5.82 Å². The van der Waals surface area contributed by atoms with Gasteiger partial charge >= 0.3 is 11.9 Å². The molecule has 0 aromatic carbocycles. The Bertz CT molecular complexity index is 599. The molecule has 0 fully saturated rings. The van der Waals surface area contributed by atoms with Crippen molar-refractivity contribution in [2.75, 3.05) is 17.1 Å². The second kappa shape index (κ2) is 6.85. The predicted molar refractivity (Wildman–Crippen MR) is 69.9 cm³/mol. The van der Waals surface area contributed by atoms with Crippen molar-refractivity contribution in [3.8, 4) is 0 Å². The van der Waals surface area contributed by atoms with Crippen molar-refractivity contribution in [1.29, 1.82) is 0 Å². The van der Waals surface area contributed by atoms with Crippen molar-refractivity contribution in [2.45, 2.75) is 13.3 Å². The molecule has 1 aromatic heterocycles. The van der Waals surface area contributed by atoms with Crippen molar-refractivity contribution >= 4 is 27.8 Å². The van der Waals surface area contributed by atoms with Gasteiger partial charge in [-0.2, -0.15) is 0 Å². The van der Waals surface area contributed by atoms with Crippen LogP contribution in [0.1, 0.15) is 23.8 Å². The van der Waals surface area contributed by atoms with Crippen LogP contribution in [-0.4, -0.2) is 42.8 Å². The van der Waals surface area contributed by atoms with Gasteiger partial charge in [0, 0.05) is 0 Å². The van der Waals surface area contributed by atoms with Crippen molar-refractivity contribution < 1.29 is 27.9 Å². The van der Waals surface area contributed by atoms with E-state index in [9.17, 15) is 18.0 Å². The van der Waals surface area contributed by atoms with Crippen molar-refractivity contribution in [3.63, 3.8) is 0 Å². The van der Waals surface area contributed by atoms with E-state index in [0.29, 0.717) is 0 Å². The fourth-order valence-electron chi connectivity index (χ4n) is 1.27. The number of nitrogens with one attached hydrogen (secondary N) is 1. The maximum atomic E-state index is 11.7. The van der Waals surface area contributed by atoms with E-state index >= 15 is 0 Å². The van der Waals surface area contributed by atoms with Gasteiger partial charge in [0.25, 0.3) is 0 Å². The Morgan fingerprint density at radius 1 is 1.40 bits per heavy atom. The molecule has 1 heterocycles. The monoisotopic (exact) mass is 302 g/mol. The molecule has 0 aliphatic carbocycles. The summed E-state index contributed by atoms with van der Waals surface area (Å²) in [5.41, 5.74) is -0.282. The van der Waals surface area contributed by atoms with E-state index in [1.807, 2.05) is 0 Å². The Labute approximate surface area is 115 Å². The highest BCUT2D eigenvalue weighted by Gasteiger charge is 2.15. The molecule has 0 unspecified atom stereocenters. The molecule has 2 N–H and O–H groups in total. The molecule has 0 spiro atoms. The van der Waals surface area contributed by atoms with Gasteiger partial charge in [0.2, 0.25) is 10.0 Å². The minimum absolute atomic E-state index is 0.117. The average molecular weight is 302 g/mol. The first kappa shape index (κ1) is 15.9. The van der Waals surface area contributed by atoms with Crippen molar-refractivity contribution in [2.24, 2.45) is 0 Å². The molecule has 8 nitrogen and oxygen atoms in total. The van der Waals surface area contributed by atoms with Gasteiger partial charge in [0.05, 0.1) is 18.8 Å². The standard InChI is InChI=1S/C11H14N2O6S/c1-2-19-10(14)6-7-20(17,18)13-9-5-3-4-8(12-9)11(15)16/h3-5H,2,6-7H2,1H3,(H,12,13)(H,15,16). The molecule has 0 aliphatic heterocycles. The number of carboxylic acids is 1. The highest BCUT2D eigenvalue weighted by atomic mass is 32.2. The van der Waals surface area contributed by atoms with E-state index in [1.165, 1.54) is 18.2 Å². The third kappa shape index (κ3) is 5.22. The second-order valence-electron chi connectivity index (χ2n) is 3.69. The molecule has 0 bridgehead atoms. The number of aromatic carboxylic acids is 1. The summed E-state index contributed by atoms with van der Waals surface area (Å²) in [5.74, 6) is -2.47. The van der Waals surface area contributed by atoms with E-state index in [-0.39, 0.29) is 24.5 Å². The molecule has 0 aliphatic rings. The number of nitrogens with zero attached hydrogens (tertiary/aromatic N) is 1. The lowest BCUT2D eigenvalue weighted by Crippen LogP contribution is -2.21. The molecule has 20 heavy (non-hydrogen) atoms. The first-order chi connectivity index (χ1) is 9.34. The lowest BCUT2D eigenvalue weighted by molar-refractivity contribution is -0.142. The maximum Gasteiger partial charge on any atom is 0.354 e. The normalized spacial score (nSPS) is 10.8. The van der Waals surface area contributed by atoms with Gasteiger partial charge in [-0.15, -0.1) is 0 Å². The highest BCUT2D eigenvalue weighted by molar-refractivity contribution is 7.92. The zero-order chi connectivity index (χ0) is 15.2. The molecular formula is C11H14N2O6S. The summed E-state index contributed by atoms with van der Waals surface area (Å²) in [6.45, 7) is 1.79. The van der Waals surface area contributed by atoms with E-state index in [4.69, 9.17) is 5.11 Å². The maximum absolute atomic E-state index is 11.7. The number of carbonyl (C=O) groups is 2. The topological polar surface area (TPSA) is 123 Å². The summed E-state index contributed by atoms with van der Waals surface area (Å²) in [6, 6.07) is 3.91. The zero-order valence-corrected chi connectivity index (χ0v) is 11.5. The van der Waals surface area contributed by atoms with Crippen LogP contribution in [0.25, 0.3) is 0 Å². The minimum Gasteiger partial charge on any atom is -0.477 e. The number of anilines is 1. The van der Waals surface area contributed by atoms with Gasteiger partial charge in [-0.3, -0.25) is 9.52 Å². The molecule has 110 valence electrons. The molecule has 1 aromatic rings. The highest BCUT2D eigenvalue weighted by Crippen LogP contribution is 2.08. The number of hydrogen-bond donors (Lipinski definition) is 2. The van der Waals surface area contributed by atoms with Crippen LogP contribution in [0.2, 0.25) is 0 Å². The van der Waals surface area contributed by atoms with Crippen LogP contribution in [0, 0.1) is 0 Å². The van der Waals surface area contributed by atoms with Crippen LogP contribution in [0.15, 0.2) is 18.2 Å². The van der Waals surface area contributed by atoms with Gasteiger partial charge in [0.1, 0.15) is 5.82 Å². The molecule has 1 rings (SSSR count). The van der Waals surface area contributed by atoms with E-state index in [1.54, 1.807) is 6.92 Å². The Balaban J connectivity index is 2.69. The molecular weight excluding hydrogens is 288 g/mol. The Hall–Kier alpha value is -2.16. The van der Waals surface area contributed by atoms with Gasteiger partial charge in [0.15, 0.2) is 5.69 Å². The Morgan fingerprint density at radius 2 is 2.10 bits per heavy atom. The number of sulfonamides is 1. The van der Waals surface area contributed by atoms with Crippen LogP contribution in [0.5, 0.6) is 0 Å². The van der Waals surface area contributed by atoms with E-state index in [2.05, 4.69) is 14.4 Å². The number of rotatable bonds is 7. The number of esters is 1. The smallest absolute Gasteiger partial charge is 0.354 e. The minimum atomic E-state index is -3.80. The summed E-state index contributed by atoms with van der Waals surface area (Å²) in [4.78, 5) is 25.4. The molecule has 0 atom stereocenters. The largest absolute Gasteiger partial charge is 0.477 e. The van der Waals surface area contributed by atoms with Crippen LogP contribution in [-0.2, 0) is 19.6 Å². The number of pyridine rings is 1. The summed E-state index contributed by atoms with van der Waals surface area (Å²) in [5, 5.41) is 8.74. The zero-order valence-electron chi connectivity index (χ0n) is 10.7. The summed E-state index contributed by atoms with van der Waals surface area (Å²) in [6.07, 6.45) is -0.290. The van der Waals surface area contributed by atoms with E-state index < -0.39 is 27.7 Å². The van der Waals surface area contributed by atoms with Crippen LogP contribution < -0.4 is 4.72 Å². The summed E-state index contributed by atoms with van der Waals surface area (Å²) < 4.78 is 30.1. The fourth-order valence-corrected chi connectivity index (χ4v) is 2.24. The third-order valence-corrected chi connectivity index (χ3v) is 3.37. The first-order valence-electron chi connectivity index (χ1n) is 5.70. The number of hydrogen-bond acceptors (Lipinski definition) is 6. The van der Waals surface area contributed by atoms with E-state index in [0.717, 1.165) is 0 Å². The molecule has 0 amide bonds. The molecule has 9 heteroatoms. The average Bonchev–Trinajstić information content (AvgIpc) is 2.37. The van der Waals surface area contributed by atoms with Gasteiger partial charge < -0.3 is 9.84 Å². The Morgan fingerprint density at radius 3 is 2.70 bits per heavy atom. The van der Waals surface area contributed by atoms with Crippen LogP contribution in [0.3, 0.4) is 0 Å². The van der Waals surface area contributed by atoms with Crippen molar-refractivity contribution in [1.82, 2.24) is 4.98 Å². The third-order valence-electron chi connectivity index (χ3n) is 2.11. The number of aromatic nitrogens is 1. The predicted octanol–water partition coefficient (Wildman–Crippen LogP) is 0.475. The molecule has 0 saturated heterocycles. The SMILES string of the molecule is CCOC(=O)CCS(=O)(=O)Nc1cccc(C(=O)O)n1. The summed E-state index contributed by atoms with van der Waals surface area (Å²) in [7, 11) is -3.80. The first-order valence-corrected chi connectivity index (χ1v) is 7.35. The quantitative estimate of drug-likeness (QED) is 0.702. The van der Waals surface area contributed by atoms with Crippen molar-refractivity contribution in [3.05, 3.63) is 23.9 Å². The summed E-state index contributed by atoms with van der Waals surface area (Å²) >= 11 is 0. The van der Waals surface area contributed by atoms with Gasteiger partial charge in [-0.05, 0) is 19.1 Å². The lowest BCUT2D eigenvalue weighted by Gasteiger charge is -2.07. The second-order valence-corrected chi connectivity index (χ2v) is 5.53. The number of carbonyl (C=O) groups excluding carboxylic acids is 1. The molecule has 0 saturated carbocycles. The molecule has 0 radical (unpaired) electrons. The lowest BCUT2D eigenvalue weighted by atomic mass is 10.3. The fraction of sp³-hybridized carbons (Fsp3) is 0.364. The Kier molecular flexibility index (Phi) is 5.44. The van der Waals surface area contributed by atoms with Gasteiger partial charge in [-0.25, -0.2) is 18.2 Å². The number of carboxylic acid groups (broad SMARTS) is 1. The van der Waals surface area contributed by atoms with Gasteiger partial charge in [-0.1, -0.05) is 6.07 Å². The van der Waals surface area contributed by atoms with Crippen LogP contribution >= 0.6 is 0 Å².